The molecule has 0 amide bonds. The van der Waals surface area contributed by atoms with Crippen molar-refractivity contribution in [2.24, 2.45) is 17.8 Å². The maximum Gasteiger partial charge on any atom is 0.433 e. The predicted octanol–water partition coefficient (Wildman–Crippen LogP) is 2.82. The summed E-state index contributed by atoms with van der Waals surface area (Å²) in [6.45, 7) is 3.58. The van der Waals surface area contributed by atoms with Crippen LogP contribution in [0.15, 0.2) is 6.07 Å². The Kier molecular flexibility index (Phi) is 4.40. The van der Waals surface area contributed by atoms with Gasteiger partial charge in [0.2, 0.25) is 0 Å². The summed E-state index contributed by atoms with van der Waals surface area (Å²) in [5.41, 5.74) is -0.476. The molecule has 3 aliphatic rings. The van der Waals surface area contributed by atoms with Crippen molar-refractivity contribution < 1.29 is 22.7 Å². The van der Waals surface area contributed by atoms with Crippen molar-refractivity contribution in [3.05, 3.63) is 17.3 Å². The molecular weight excluding hydrogens is 373 g/mol. The van der Waals surface area contributed by atoms with Gasteiger partial charge >= 0.3 is 12.1 Å². The average Bonchev–Trinajstić information content (AvgIpc) is 3.07. The van der Waals surface area contributed by atoms with E-state index in [1.165, 1.54) is 7.11 Å². The van der Waals surface area contributed by atoms with E-state index in [-0.39, 0.29) is 41.1 Å². The minimum absolute atomic E-state index is 0.0624. The van der Waals surface area contributed by atoms with Crippen molar-refractivity contribution in [1.29, 1.82) is 5.26 Å². The van der Waals surface area contributed by atoms with Crippen molar-refractivity contribution in [3.8, 4) is 6.07 Å². The lowest BCUT2D eigenvalue weighted by atomic mass is 10.0. The van der Waals surface area contributed by atoms with E-state index in [2.05, 4.69) is 11.1 Å². The fourth-order valence-electron chi connectivity index (χ4n) is 4.48. The molecular formula is C19H21F3N4O2. The number of esters is 1. The van der Waals surface area contributed by atoms with E-state index in [0.717, 1.165) is 12.5 Å². The van der Waals surface area contributed by atoms with E-state index in [9.17, 15) is 23.2 Å². The Morgan fingerprint density at radius 2 is 2.07 bits per heavy atom. The number of rotatable bonds is 4. The summed E-state index contributed by atoms with van der Waals surface area (Å²) in [6.07, 6.45) is -3.38. The minimum Gasteiger partial charge on any atom is -0.469 e. The standard InChI is InChI=1S/C19H21F3N4O2/c1-10-3-4-26(10)18-12(7-23)15(6-16(24-18)19(20,21)22)25-8-13-11(14(13)9-25)5-17(27)28-2/h6,10-11,13-14H,3-5,8-9H2,1-2H3/t10-,11?,13-,14+/m0/s1. The largest absolute Gasteiger partial charge is 0.469 e. The van der Waals surface area contributed by atoms with Crippen LogP contribution in [0.2, 0.25) is 0 Å². The lowest BCUT2D eigenvalue weighted by molar-refractivity contribution is -0.142. The molecule has 1 aromatic heterocycles. The van der Waals surface area contributed by atoms with Gasteiger partial charge in [0.05, 0.1) is 12.8 Å². The Balaban J connectivity index is 1.63. The molecule has 6 nitrogen and oxygen atoms in total. The first kappa shape index (κ1) is 18.8. The van der Waals surface area contributed by atoms with Gasteiger partial charge in [0.15, 0.2) is 0 Å². The molecule has 4 rings (SSSR count). The molecule has 28 heavy (non-hydrogen) atoms. The molecule has 1 saturated carbocycles. The predicted molar refractivity (Wildman–Crippen MR) is 94.7 cm³/mol. The molecule has 3 fully saturated rings. The molecule has 2 saturated heterocycles. The number of alkyl halides is 3. The highest BCUT2D eigenvalue weighted by atomic mass is 19.4. The molecule has 0 bridgehead atoms. The highest BCUT2D eigenvalue weighted by Gasteiger charge is 2.56. The number of piperidine rings is 1. The van der Waals surface area contributed by atoms with Crippen LogP contribution < -0.4 is 9.80 Å². The molecule has 4 atom stereocenters. The number of anilines is 2. The van der Waals surface area contributed by atoms with E-state index in [0.29, 0.717) is 31.7 Å². The molecule has 1 unspecified atom stereocenters. The molecule has 3 heterocycles. The van der Waals surface area contributed by atoms with Gasteiger partial charge in [-0.1, -0.05) is 0 Å². The van der Waals surface area contributed by atoms with E-state index < -0.39 is 11.9 Å². The number of hydrogen-bond donors (Lipinski definition) is 0. The van der Waals surface area contributed by atoms with Crippen LogP contribution in [0.4, 0.5) is 24.7 Å². The number of carbonyl (C=O) groups is 1. The van der Waals surface area contributed by atoms with Gasteiger partial charge in [0, 0.05) is 32.1 Å². The summed E-state index contributed by atoms with van der Waals surface area (Å²) < 4.78 is 45.1. The fourth-order valence-corrected chi connectivity index (χ4v) is 4.48. The fraction of sp³-hybridized carbons (Fsp3) is 0.632. The Bertz CT molecular complexity index is 839. The maximum absolute atomic E-state index is 13.4. The van der Waals surface area contributed by atoms with Gasteiger partial charge in [0.1, 0.15) is 23.1 Å². The number of nitriles is 1. The van der Waals surface area contributed by atoms with E-state index in [1.54, 1.807) is 4.90 Å². The first-order valence-electron chi connectivity index (χ1n) is 9.35. The SMILES string of the molecule is COC(=O)CC1[C@H]2CN(c3cc(C(F)(F)F)nc(N4CC[C@@H]4C)c3C#N)C[C@@H]12. The Hall–Kier alpha value is -2.50. The van der Waals surface area contributed by atoms with E-state index in [1.807, 2.05) is 11.8 Å². The normalized spacial score (nSPS) is 28.4. The number of aromatic nitrogens is 1. The van der Waals surface area contributed by atoms with Crippen molar-refractivity contribution in [3.63, 3.8) is 0 Å². The van der Waals surface area contributed by atoms with Crippen LogP contribution in [-0.2, 0) is 15.7 Å². The summed E-state index contributed by atoms with van der Waals surface area (Å²) in [5, 5.41) is 9.70. The van der Waals surface area contributed by atoms with Gasteiger partial charge in [-0.25, -0.2) is 4.98 Å². The topological polar surface area (TPSA) is 69.5 Å². The van der Waals surface area contributed by atoms with Crippen LogP contribution in [-0.4, -0.2) is 43.7 Å². The smallest absolute Gasteiger partial charge is 0.433 e. The van der Waals surface area contributed by atoms with Gasteiger partial charge in [-0.05, 0) is 37.2 Å². The van der Waals surface area contributed by atoms with Crippen LogP contribution in [0.5, 0.6) is 0 Å². The van der Waals surface area contributed by atoms with Gasteiger partial charge in [0.25, 0.3) is 0 Å². The number of halogens is 3. The Morgan fingerprint density at radius 3 is 2.54 bits per heavy atom. The van der Waals surface area contributed by atoms with Crippen LogP contribution in [0.1, 0.15) is 31.0 Å². The van der Waals surface area contributed by atoms with E-state index in [4.69, 9.17) is 4.74 Å². The summed E-state index contributed by atoms with van der Waals surface area (Å²) in [4.78, 5) is 18.9. The van der Waals surface area contributed by atoms with Crippen LogP contribution in [0.3, 0.4) is 0 Å². The van der Waals surface area contributed by atoms with Crippen LogP contribution >= 0.6 is 0 Å². The van der Waals surface area contributed by atoms with Gasteiger partial charge < -0.3 is 14.5 Å². The lowest BCUT2D eigenvalue weighted by Crippen LogP contribution is -2.47. The Labute approximate surface area is 160 Å². The number of methoxy groups -OCH3 is 1. The zero-order chi connectivity index (χ0) is 20.2. The number of carbonyl (C=O) groups excluding carboxylic acids is 1. The summed E-state index contributed by atoms with van der Waals surface area (Å²) >= 11 is 0. The quantitative estimate of drug-likeness (QED) is 0.732. The third-order valence-electron chi connectivity index (χ3n) is 6.32. The second-order valence-electron chi connectivity index (χ2n) is 7.84. The first-order valence-corrected chi connectivity index (χ1v) is 9.35. The van der Waals surface area contributed by atoms with Gasteiger partial charge in [-0.3, -0.25) is 4.79 Å². The monoisotopic (exact) mass is 394 g/mol. The highest BCUT2D eigenvalue weighted by Crippen LogP contribution is 2.55. The minimum atomic E-state index is -4.58. The van der Waals surface area contributed by atoms with E-state index >= 15 is 0 Å². The molecule has 0 N–H and O–H groups in total. The molecule has 0 spiro atoms. The molecule has 1 aliphatic carbocycles. The maximum atomic E-state index is 13.4. The van der Waals surface area contributed by atoms with Crippen molar-refractivity contribution >= 4 is 17.5 Å². The molecule has 2 aliphatic heterocycles. The molecule has 1 aromatic rings. The van der Waals surface area contributed by atoms with Crippen LogP contribution in [0, 0.1) is 29.1 Å². The lowest BCUT2D eigenvalue weighted by Gasteiger charge is -2.41. The molecule has 150 valence electrons. The molecule has 0 aromatic carbocycles. The Morgan fingerprint density at radius 1 is 1.39 bits per heavy atom. The molecule has 9 heteroatoms. The summed E-state index contributed by atoms with van der Waals surface area (Å²) in [6, 6.07) is 3.14. The average molecular weight is 394 g/mol. The van der Waals surface area contributed by atoms with Gasteiger partial charge in [-0.2, -0.15) is 18.4 Å². The highest BCUT2D eigenvalue weighted by molar-refractivity contribution is 5.73. The second kappa shape index (κ2) is 6.54. The second-order valence-corrected chi connectivity index (χ2v) is 7.84. The number of fused-ring (bicyclic) bond motifs is 1. The number of nitrogens with zero attached hydrogens (tertiary/aromatic N) is 4. The third-order valence-corrected chi connectivity index (χ3v) is 6.32. The van der Waals surface area contributed by atoms with Crippen LogP contribution in [0.25, 0.3) is 0 Å². The number of hydrogen-bond acceptors (Lipinski definition) is 6. The number of pyridine rings is 1. The van der Waals surface area contributed by atoms with Crippen molar-refractivity contribution in [1.82, 2.24) is 4.98 Å². The zero-order valence-corrected chi connectivity index (χ0v) is 15.7. The third kappa shape index (κ3) is 3.05. The number of ether oxygens (including phenoxy) is 1. The molecule has 0 radical (unpaired) electrons. The summed E-state index contributed by atoms with van der Waals surface area (Å²) in [7, 11) is 1.35. The van der Waals surface area contributed by atoms with Gasteiger partial charge in [-0.15, -0.1) is 0 Å². The summed E-state index contributed by atoms with van der Waals surface area (Å²) in [5.74, 6) is 0.575. The van der Waals surface area contributed by atoms with Crippen molar-refractivity contribution in [2.75, 3.05) is 36.5 Å². The first-order chi connectivity index (χ1) is 13.2. The zero-order valence-electron chi connectivity index (χ0n) is 15.7. The van der Waals surface area contributed by atoms with Crippen molar-refractivity contribution in [2.45, 2.75) is 32.0 Å².